The number of piperidine rings is 1. The molecule has 0 amide bonds. The van der Waals surface area contributed by atoms with Gasteiger partial charge in [0.25, 0.3) is 0 Å². The molecule has 2 fully saturated rings. The average Bonchev–Trinajstić information content (AvgIpc) is 2.71. The summed E-state index contributed by atoms with van der Waals surface area (Å²) in [6.45, 7) is 9.41. The first-order valence-electron chi connectivity index (χ1n) is 5.56. The lowest BCUT2D eigenvalue weighted by molar-refractivity contribution is 0.182. The van der Waals surface area contributed by atoms with E-state index in [1.807, 2.05) is 0 Å². The van der Waals surface area contributed by atoms with Gasteiger partial charge in [-0.1, -0.05) is 20.8 Å². The summed E-state index contributed by atoms with van der Waals surface area (Å²) in [6.07, 6.45) is 2.68. The number of rotatable bonds is 2. The number of nitrogens with one attached hydrogen (secondary N) is 2. The van der Waals surface area contributed by atoms with Gasteiger partial charge in [0, 0.05) is 18.6 Å². The van der Waals surface area contributed by atoms with E-state index < -0.39 is 0 Å². The van der Waals surface area contributed by atoms with Gasteiger partial charge in [-0.25, -0.2) is 0 Å². The predicted molar refractivity (Wildman–Crippen MR) is 55.8 cm³/mol. The fourth-order valence-electron chi connectivity index (χ4n) is 2.29. The van der Waals surface area contributed by atoms with E-state index in [0.29, 0.717) is 5.41 Å². The Labute approximate surface area is 81.5 Å². The minimum absolute atomic E-state index is 0.431. The van der Waals surface area contributed by atoms with Crippen molar-refractivity contribution in [2.24, 2.45) is 11.3 Å². The molecule has 1 saturated heterocycles. The van der Waals surface area contributed by atoms with Crippen LogP contribution in [0.2, 0.25) is 0 Å². The summed E-state index contributed by atoms with van der Waals surface area (Å²) < 4.78 is 0. The maximum Gasteiger partial charge on any atom is 0.0145 e. The summed E-state index contributed by atoms with van der Waals surface area (Å²) in [6, 6.07) is 1.55. The molecule has 0 radical (unpaired) electrons. The second kappa shape index (κ2) is 3.25. The Hall–Kier alpha value is -0.0800. The van der Waals surface area contributed by atoms with Gasteiger partial charge in [0.05, 0.1) is 0 Å². The Bertz CT molecular complexity index is 189. The van der Waals surface area contributed by atoms with Gasteiger partial charge in [-0.2, -0.15) is 0 Å². The highest BCUT2D eigenvalue weighted by Crippen LogP contribution is 2.33. The van der Waals surface area contributed by atoms with Crippen LogP contribution in [0.1, 0.15) is 33.6 Å². The zero-order chi connectivity index (χ0) is 9.47. The van der Waals surface area contributed by atoms with Gasteiger partial charge in [-0.3, -0.25) is 0 Å². The molecule has 2 heteroatoms. The van der Waals surface area contributed by atoms with Crippen molar-refractivity contribution in [3.05, 3.63) is 0 Å². The van der Waals surface area contributed by atoms with Crippen LogP contribution in [-0.2, 0) is 0 Å². The van der Waals surface area contributed by atoms with Crippen LogP contribution in [-0.4, -0.2) is 25.2 Å². The quantitative estimate of drug-likeness (QED) is 0.674. The van der Waals surface area contributed by atoms with Crippen LogP contribution in [0.3, 0.4) is 0 Å². The van der Waals surface area contributed by atoms with Crippen molar-refractivity contribution < 1.29 is 0 Å². The summed E-state index contributed by atoms with van der Waals surface area (Å²) >= 11 is 0. The van der Waals surface area contributed by atoms with E-state index in [9.17, 15) is 0 Å². The molecular weight excluding hydrogens is 160 g/mol. The van der Waals surface area contributed by atoms with Gasteiger partial charge in [0.2, 0.25) is 0 Å². The number of hydrogen-bond donors (Lipinski definition) is 2. The highest BCUT2D eigenvalue weighted by molar-refractivity contribution is 4.98. The maximum absolute atomic E-state index is 3.79. The van der Waals surface area contributed by atoms with Crippen LogP contribution in [0.4, 0.5) is 0 Å². The molecule has 2 nitrogen and oxygen atoms in total. The molecule has 0 aromatic heterocycles. The van der Waals surface area contributed by atoms with Gasteiger partial charge < -0.3 is 10.6 Å². The first kappa shape index (κ1) is 9.47. The summed E-state index contributed by atoms with van der Waals surface area (Å²) in [5.41, 5.74) is 0.431. The molecule has 0 aromatic rings. The monoisotopic (exact) mass is 182 g/mol. The Kier molecular flexibility index (Phi) is 2.37. The van der Waals surface area contributed by atoms with Crippen LogP contribution in [0.25, 0.3) is 0 Å². The molecule has 1 aliphatic heterocycles. The Balaban J connectivity index is 1.88. The lowest BCUT2D eigenvalue weighted by atomic mass is 9.80. The molecule has 3 atom stereocenters. The molecule has 1 saturated carbocycles. The molecule has 3 unspecified atom stereocenters. The smallest absolute Gasteiger partial charge is 0.0145 e. The van der Waals surface area contributed by atoms with E-state index in [1.54, 1.807) is 0 Å². The van der Waals surface area contributed by atoms with Crippen LogP contribution in [0, 0.1) is 11.3 Å². The van der Waals surface area contributed by atoms with Crippen molar-refractivity contribution in [2.75, 3.05) is 13.1 Å². The zero-order valence-electron chi connectivity index (χ0n) is 9.06. The summed E-state index contributed by atoms with van der Waals surface area (Å²) in [4.78, 5) is 0. The van der Waals surface area contributed by atoms with Gasteiger partial charge >= 0.3 is 0 Å². The van der Waals surface area contributed by atoms with Crippen LogP contribution in [0.15, 0.2) is 0 Å². The topological polar surface area (TPSA) is 24.1 Å². The van der Waals surface area contributed by atoms with E-state index in [4.69, 9.17) is 0 Å². The standard InChI is InChI=1S/C11H22N2/c1-8-6-9(8)13-10-4-5-12-7-11(10,2)3/h8-10,12-13H,4-7H2,1-3H3. The fraction of sp³-hybridized carbons (Fsp3) is 1.00. The molecule has 0 spiro atoms. The molecule has 2 N–H and O–H groups in total. The Morgan fingerprint density at radius 3 is 2.62 bits per heavy atom. The van der Waals surface area contributed by atoms with E-state index in [2.05, 4.69) is 31.4 Å². The van der Waals surface area contributed by atoms with Crippen molar-refractivity contribution in [1.82, 2.24) is 10.6 Å². The molecular formula is C11H22N2. The van der Waals surface area contributed by atoms with Gasteiger partial charge in [0.15, 0.2) is 0 Å². The third kappa shape index (κ3) is 2.05. The van der Waals surface area contributed by atoms with Crippen molar-refractivity contribution >= 4 is 0 Å². The zero-order valence-corrected chi connectivity index (χ0v) is 9.06. The molecule has 2 rings (SSSR count). The fourth-order valence-corrected chi connectivity index (χ4v) is 2.29. The highest BCUT2D eigenvalue weighted by atomic mass is 15.1. The van der Waals surface area contributed by atoms with E-state index in [-0.39, 0.29) is 0 Å². The van der Waals surface area contributed by atoms with E-state index in [1.165, 1.54) is 19.4 Å². The van der Waals surface area contributed by atoms with Gasteiger partial charge in [-0.05, 0) is 30.7 Å². The van der Waals surface area contributed by atoms with Crippen LogP contribution in [0.5, 0.6) is 0 Å². The average molecular weight is 182 g/mol. The Morgan fingerprint density at radius 2 is 2.08 bits per heavy atom. The van der Waals surface area contributed by atoms with Crippen LogP contribution >= 0.6 is 0 Å². The molecule has 0 aromatic carbocycles. The SMILES string of the molecule is CC1CC1NC1CCNCC1(C)C. The lowest BCUT2D eigenvalue weighted by Gasteiger charge is -2.39. The first-order valence-corrected chi connectivity index (χ1v) is 5.56. The normalized spacial score (nSPS) is 43.2. The summed E-state index contributed by atoms with van der Waals surface area (Å²) in [5.74, 6) is 0.922. The van der Waals surface area contributed by atoms with Crippen molar-refractivity contribution in [3.8, 4) is 0 Å². The molecule has 1 aliphatic carbocycles. The minimum atomic E-state index is 0.431. The molecule has 13 heavy (non-hydrogen) atoms. The van der Waals surface area contributed by atoms with E-state index in [0.717, 1.165) is 24.5 Å². The highest BCUT2D eigenvalue weighted by Gasteiger charge is 2.39. The first-order chi connectivity index (χ1) is 6.09. The molecule has 76 valence electrons. The van der Waals surface area contributed by atoms with Crippen molar-refractivity contribution in [2.45, 2.75) is 45.7 Å². The summed E-state index contributed by atoms with van der Waals surface area (Å²) in [5, 5.41) is 7.26. The van der Waals surface area contributed by atoms with Gasteiger partial charge in [0.1, 0.15) is 0 Å². The molecule has 2 aliphatic rings. The second-order valence-corrected chi connectivity index (χ2v) is 5.49. The number of hydrogen-bond acceptors (Lipinski definition) is 2. The lowest BCUT2D eigenvalue weighted by Crippen LogP contribution is -2.53. The second-order valence-electron chi connectivity index (χ2n) is 5.49. The third-order valence-corrected chi connectivity index (χ3v) is 3.66. The van der Waals surface area contributed by atoms with Crippen molar-refractivity contribution in [1.29, 1.82) is 0 Å². The van der Waals surface area contributed by atoms with E-state index >= 15 is 0 Å². The molecule has 0 bridgehead atoms. The minimum Gasteiger partial charge on any atom is -0.316 e. The largest absolute Gasteiger partial charge is 0.316 e. The summed E-state index contributed by atoms with van der Waals surface area (Å²) in [7, 11) is 0. The maximum atomic E-state index is 3.79. The van der Waals surface area contributed by atoms with Crippen LogP contribution < -0.4 is 10.6 Å². The van der Waals surface area contributed by atoms with Gasteiger partial charge in [-0.15, -0.1) is 0 Å². The Morgan fingerprint density at radius 1 is 1.38 bits per heavy atom. The third-order valence-electron chi connectivity index (χ3n) is 3.66. The predicted octanol–water partition coefficient (Wildman–Crippen LogP) is 1.37. The molecule has 1 heterocycles. The van der Waals surface area contributed by atoms with Crippen molar-refractivity contribution in [3.63, 3.8) is 0 Å².